The second-order valence-corrected chi connectivity index (χ2v) is 5.71. The maximum Gasteiger partial charge on any atom is 0.250 e. The van der Waals surface area contributed by atoms with Crippen molar-refractivity contribution in [1.29, 1.82) is 0 Å². The number of nitrogens with one attached hydrogen (secondary N) is 1. The lowest BCUT2D eigenvalue weighted by molar-refractivity contribution is 0.100. The van der Waals surface area contributed by atoms with E-state index < -0.39 is 5.91 Å². The average Bonchev–Trinajstić information content (AvgIpc) is 2.45. The van der Waals surface area contributed by atoms with E-state index in [4.69, 9.17) is 17.3 Å². The third-order valence-corrected chi connectivity index (χ3v) is 4.06. The summed E-state index contributed by atoms with van der Waals surface area (Å²) in [6.07, 6.45) is 2.43. The maximum atomic E-state index is 11.6. The van der Waals surface area contributed by atoms with Gasteiger partial charge >= 0.3 is 0 Å². The fourth-order valence-electron chi connectivity index (χ4n) is 2.76. The summed E-state index contributed by atoms with van der Waals surface area (Å²) in [6, 6.07) is 5.25. The Hall–Kier alpha value is -1.26. The second-order valence-electron chi connectivity index (χ2n) is 5.28. The van der Waals surface area contributed by atoms with Crippen LogP contribution < -0.4 is 16.0 Å². The average molecular weight is 296 g/mol. The lowest BCUT2D eigenvalue weighted by Gasteiger charge is -2.32. The number of hydrogen-bond donors (Lipinski definition) is 2. The highest BCUT2D eigenvalue weighted by atomic mass is 35.5. The monoisotopic (exact) mass is 295 g/mol. The predicted octanol–water partition coefficient (Wildman–Crippen LogP) is 2.26. The summed E-state index contributed by atoms with van der Waals surface area (Å²) in [7, 11) is 0. The molecule has 20 heavy (non-hydrogen) atoms. The Balaban J connectivity index is 2.21. The van der Waals surface area contributed by atoms with E-state index >= 15 is 0 Å². The van der Waals surface area contributed by atoms with E-state index in [1.54, 1.807) is 12.1 Å². The summed E-state index contributed by atoms with van der Waals surface area (Å²) < 4.78 is 0. The summed E-state index contributed by atoms with van der Waals surface area (Å²) in [6.45, 7) is 5.97. The molecule has 0 aromatic heterocycles. The first-order chi connectivity index (χ1) is 9.61. The molecule has 1 aliphatic rings. The number of carbonyl (C=O) groups excluding carboxylic acids is 1. The van der Waals surface area contributed by atoms with Crippen LogP contribution in [0.2, 0.25) is 5.02 Å². The molecule has 1 saturated heterocycles. The lowest BCUT2D eigenvalue weighted by Crippen LogP contribution is -2.39. The van der Waals surface area contributed by atoms with Crippen molar-refractivity contribution in [3.05, 3.63) is 28.8 Å². The van der Waals surface area contributed by atoms with Crippen LogP contribution in [-0.2, 0) is 0 Å². The van der Waals surface area contributed by atoms with Crippen LogP contribution in [0.15, 0.2) is 18.2 Å². The standard InChI is InChI=1S/C15H22ClN3O/c1-2-19(10-11-4-3-7-18-9-11)14-8-12(16)5-6-13(14)15(17)20/h5-6,8,11,18H,2-4,7,9-10H2,1H3,(H2,17,20). The van der Waals surface area contributed by atoms with E-state index in [1.807, 2.05) is 6.07 Å². The molecule has 1 amide bonds. The molecule has 2 rings (SSSR count). The Morgan fingerprint density at radius 1 is 1.55 bits per heavy atom. The van der Waals surface area contributed by atoms with Crippen molar-refractivity contribution in [2.75, 3.05) is 31.1 Å². The minimum Gasteiger partial charge on any atom is -0.371 e. The van der Waals surface area contributed by atoms with Crippen molar-refractivity contribution in [1.82, 2.24) is 5.32 Å². The van der Waals surface area contributed by atoms with E-state index in [0.29, 0.717) is 16.5 Å². The summed E-state index contributed by atoms with van der Waals surface area (Å²) >= 11 is 6.07. The van der Waals surface area contributed by atoms with Gasteiger partial charge in [-0.3, -0.25) is 4.79 Å². The van der Waals surface area contributed by atoms with Crippen molar-refractivity contribution < 1.29 is 4.79 Å². The molecule has 0 radical (unpaired) electrons. The number of benzene rings is 1. The summed E-state index contributed by atoms with van der Waals surface area (Å²) in [5, 5.41) is 4.05. The number of nitrogens with zero attached hydrogens (tertiary/aromatic N) is 1. The van der Waals surface area contributed by atoms with Gasteiger partial charge < -0.3 is 16.0 Å². The van der Waals surface area contributed by atoms with Crippen molar-refractivity contribution in [3.63, 3.8) is 0 Å². The Kier molecular flexibility index (Phi) is 5.26. The summed E-state index contributed by atoms with van der Waals surface area (Å²) in [5.74, 6) is 0.195. The first-order valence-corrected chi connectivity index (χ1v) is 7.54. The molecule has 4 nitrogen and oxygen atoms in total. The quantitative estimate of drug-likeness (QED) is 0.876. The Morgan fingerprint density at radius 3 is 2.95 bits per heavy atom. The molecule has 0 bridgehead atoms. The molecule has 1 aromatic rings. The fourth-order valence-corrected chi connectivity index (χ4v) is 2.93. The van der Waals surface area contributed by atoms with Crippen LogP contribution in [0.1, 0.15) is 30.1 Å². The van der Waals surface area contributed by atoms with E-state index in [1.165, 1.54) is 12.8 Å². The SMILES string of the molecule is CCN(CC1CCCNC1)c1cc(Cl)ccc1C(N)=O. The van der Waals surface area contributed by atoms with Crippen LogP contribution in [0.4, 0.5) is 5.69 Å². The zero-order valence-corrected chi connectivity index (χ0v) is 12.6. The Bertz CT molecular complexity index is 472. The van der Waals surface area contributed by atoms with E-state index in [2.05, 4.69) is 17.1 Å². The molecule has 1 atom stereocenters. The third kappa shape index (κ3) is 3.64. The molecule has 5 heteroatoms. The van der Waals surface area contributed by atoms with Gasteiger partial charge in [-0.15, -0.1) is 0 Å². The number of carbonyl (C=O) groups is 1. The lowest BCUT2D eigenvalue weighted by atomic mass is 9.98. The number of amides is 1. The number of anilines is 1. The number of piperidine rings is 1. The minimum atomic E-state index is -0.406. The molecule has 1 heterocycles. The molecule has 0 saturated carbocycles. The van der Waals surface area contributed by atoms with Gasteiger partial charge in [0.2, 0.25) is 0 Å². The normalized spacial score (nSPS) is 18.8. The van der Waals surface area contributed by atoms with Crippen molar-refractivity contribution in [2.45, 2.75) is 19.8 Å². The fraction of sp³-hybridized carbons (Fsp3) is 0.533. The molecule has 0 spiro atoms. The highest BCUT2D eigenvalue weighted by molar-refractivity contribution is 6.31. The number of halogens is 1. The first-order valence-electron chi connectivity index (χ1n) is 7.16. The van der Waals surface area contributed by atoms with Crippen molar-refractivity contribution >= 4 is 23.2 Å². The second kappa shape index (κ2) is 6.95. The molecule has 1 aromatic carbocycles. The molecule has 110 valence electrons. The zero-order chi connectivity index (χ0) is 14.5. The first kappa shape index (κ1) is 15.1. The van der Waals surface area contributed by atoms with Gasteiger partial charge in [0, 0.05) is 18.1 Å². The van der Waals surface area contributed by atoms with Crippen LogP contribution in [0.3, 0.4) is 0 Å². The van der Waals surface area contributed by atoms with Gasteiger partial charge in [-0.25, -0.2) is 0 Å². The number of primary amides is 1. The predicted molar refractivity (Wildman–Crippen MR) is 83.5 cm³/mol. The molecular formula is C15H22ClN3O. The third-order valence-electron chi connectivity index (χ3n) is 3.83. The Labute approximate surface area is 125 Å². The van der Waals surface area contributed by atoms with Gasteiger partial charge in [0.05, 0.1) is 11.3 Å². The number of hydrogen-bond acceptors (Lipinski definition) is 3. The van der Waals surface area contributed by atoms with E-state index in [9.17, 15) is 4.79 Å². The van der Waals surface area contributed by atoms with Crippen LogP contribution >= 0.6 is 11.6 Å². The highest BCUT2D eigenvalue weighted by Crippen LogP contribution is 2.26. The molecule has 1 unspecified atom stereocenters. The van der Waals surface area contributed by atoms with Gasteiger partial charge in [0.25, 0.3) is 5.91 Å². The number of nitrogens with two attached hydrogens (primary N) is 1. The molecule has 3 N–H and O–H groups in total. The van der Waals surface area contributed by atoms with Gasteiger partial charge in [-0.2, -0.15) is 0 Å². The summed E-state index contributed by atoms with van der Waals surface area (Å²) in [4.78, 5) is 13.8. The molecule has 1 aliphatic heterocycles. The van der Waals surface area contributed by atoms with Gasteiger partial charge in [-0.05, 0) is 57.0 Å². The summed E-state index contributed by atoms with van der Waals surface area (Å²) in [5.41, 5.74) is 6.86. The van der Waals surface area contributed by atoms with Gasteiger partial charge in [0.15, 0.2) is 0 Å². The van der Waals surface area contributed by atoms with E-state index in [-0.39, 0.29) is 0 Å². The van der Waals surface area contributed by atoms with E-state index in [0.717, 1.165) is 31.9 Å². The van der Waals surface area contributed by atoms with Crippen LogP contribution in [0.25, 0.3) is 0 Å². The van der Waals surface area contributed by atoms with Gasteiger partial charge in [0.1, 0.15) is 0 Å². The molecular weight excluding hydrogens is 274 g/mol. The van der Waals surface area contributed by atoms with Gasteiger partial charge in [-0.1, -0.05) is 11.6 Å². The maximum absolute atomic E-state index is 11.6. The van der Waals surface area contributed by atoms with Crippen molar-refractivity contribution in [2.24, 2.45) is 11.7 Å². The number of rotatable bonds is 5. The van der Waals surface area contributed by atoms with Crippen LogP contribution in [0.5, 0.6) is 0 Å². The zero-order valence-electron chi connectivity index (χ0n) is 11.9. The van der Waals surface area contributed by atoms with Crippen molar-refractivity contribution in [3.8, 4) is 0 Å². The van der Waals surface area contributed by atoms with Crippen LogP contribution in [0, 0.1) is 5.92 Å². The topological polar surface area (TPSA) is 58.4 Å². The molecule has 1 fully saturated rings. The molecule has 0 aliphatic carbocycles. The van der Waals surface area contributed by atoms with Crippen LogP contribution in [-0.4, -0.2) is 32.1 Å². The smallest absolute Gasteiger partial charge is 0.250 e. The Morgan fingerprint density at radius 2 is 2.35 bits per heavy atom. The minimum absolute atomic E-state index is 0.406. The largest absolute Gasteiger partial charge is 0.371 e. The highest BCUT2D eigenvalue weighted by Gasteiger charge is 2.19.